The second kappa shape index (κ2) is 7.50. The van der Waals surface area contributed by atoms with Crippen LogP contribution in [0.5, 0.6) is 11.5 Å². The number of rotatable bonds is 6. The summed E-state index contributed by atoms with van der Waals surface area (Å²) in [5.74, 6) is -0.181. The Balaban J connectivity index is 2.05. The summed E-state index contributed by atoms with van der Waals surface area (Å²) in [6.45, 7) is 3.41. The molecule has 0 aliphatic rings. The van der Waals surface area contributed by atoms with E-state index in [0.29, 0.717) is 17.2 Å². The van der Waals surface area contributed by atoms with Crippen molar-refractivity contribution in [1.82, 2.24) is 0 Å². The van der Waals surface area contributed by atoms with Crippen molar-refractivity contribution < 1.29 is 24.2 Å². The predicted molar refractivity (Wildman–Crippen MR) is 89.9 cm³/mol. The first-order chi connectivity index (χ1) is 11.4. The van der Waals surface area contributed by atoms with Crippen molar-refractivity contribution in [2.75, 3.05) is 12.4 Å². The molecule has 0 aliphatic heterocycles. The van der Waals surface area contributed by atoms with Crippen molar-refractivity contribution >= 4 is 17.6 Å². The molecule has 0 fully saturated rings. The van der Waals surface area contributed by atoms with E-state index in [-0.39, 0.29) is 11.5 Å². The fourth-order valence-corrected chi connectivity index (χ4v) is 2.04. The number of carboxylic acid groups (broad SMARTS) is 1. The zero-order valence-electron chi connectivity index (χ0n) is 13.7. The molecule has 0 saturated heterocycles. The van der Waals surface area contributed by atoms with E-state index in [9.17, 15) is 9.59 Å². The van der Waals surface area contributed by atoms with Gasteiger partial charge in [0, 0.05) is 5.69 Å². The van der Waals surface area contributed by atoms with Crippen LogP contribution in [0.2, 0.25) is 0 Å². The Morgan fingerprint density at radius 2 is 1.71 bits per heavy atom. The van der Waals surface area contributed by atoms with E-state index >= 15 is 0 Å². The van der Waals surface area contributed by atoms with Crippen LogP contribution in [0.1, 0.15) is 22.8 Å². The topological polar surface area (TPSA) is 84.9 Å². The fraction of sp³-hybridized carbons (Fsp3) is 0.222. The SMILES string of the molecule is COc1ccc(OC(C)C(=O)Nc2cc(C(=O)O)ccc2C)cc1. The van der Waals surface area contributed by atoms with Gasteiger partial charge < -0.3 is 19.9 Å². The Kier molecular flexibility index (Phi) is 5.42. The molecule has 0 radical (unpaired) electrons. The number of carbonyl (C=O) groups is 2. The van der Waals surface area contributed by atoms with E-state index in [4.69, 9.17) is 14.6 Å². The summed E-state index contributed by atoms with van der Waals surface area (Å²) in [6, 6.07) is 11.5. The van der Waals surface area contributed by atoms with Gasteiger partial charge in [0.1, 0.15) is 11.5 Å². The standard InChI is InChI=1S/C18H19NO5/c1-11-4-5-13(18(21)22)10-16(11)19-17(20)12(2)24-15-8-6-14(23-3)7-9-15/h4-10,12H,1-3H3,(H,19,20)(H,21,22). The number of ether oxygens (including phenoxy) is 2. The molecule has 2 aromatic carbocycles. The lowest BCUT2D eigenvalue weighted by molar-refractivity contribution is -0.122. The van der Waals surface area contributed by atoms with Gasteiger partial charge in [-0.15, -0.1) is 0 Å². The lowest BCUT2D eigenvalue weighted by Gasteiger charge is -2.16. The minimum absolute atomic E-state index is 0.111. The number of hydrogen-bond acceptors (Lipinski definition) is 4. The number of amides is 1. The van der Waals surface area contributed by atoms with E-state index in [1.807, 2.05) is 0 Å². The maximum Gasteiger partial charge on any atom is 0.335 e. The lowest BCUT2D eigenvalue weighted by atomic mass is 10.1. The maximum atomic E-state index is 12.3. The van der Waals surface area contributed by atoms with E-state index in [0.717, 1.165) is 5.56 Å². The highest BCUT2D eigenvalue weighted by Crippen LogP contribution is 2.20. The predicted octanol–water partition coefficient (Wildman–Crippen LogP) is 3.11. The summed E-state index contributed by atoms with van der Waals surface area (Å²) in [5, 5.41) is 11.7. The Bertz CT molecular complexity index is 740. The van der Waals surface area contributed by atoms with E-state index in [1.165, 1.54) is 12.1 Å². The van der Waals surface area contributed by atoms with Crippen LogP contribution < -0.4 is 14.8 Å². The fourth-order valence-electron chi connectivity index (χ4n) is 2.04. The minimum Gasteiger partial charge on any atom is -0.497 e. The highest BCUT2D eigenvalue weighted by atomic mass is 16.5. The molecule has 1 unspecified atom stereocenters. The van der Waals surface area contributed by atoms with Gasteiger partial charge in [0.05, 0.1) is 12.7 Å². The molecule has 2 aromatic rings. The zero-order chi connectivity index (χ0) is 17.7. The second-order valence-corrected chi connectivity index (χ2v) is 5.26. The van der Waals surface area contributed by atoms with Crippen molar-refractivity contribution in [2.45, 2.75) is 20.0 Å². The van der Waals surface area contributed by atoms with Crippen LogP contribution in [0.4, 0.5) is 5.69 Å². The quantitative estimate of drug-likeness (QED) is 0.850. The van der Waals surface area contributed by atoms with E-state index < -0.39 is 12.1 Å². The van der Waals surface area contributed by atoms with Crippen molar-refractivity contribution in [3.63, 3.8) is 0 Å². The number of anilines is 1. The second-order valence-electron chi connectivity index (χ2n) is 5.26. The first kappa shape index (κ1) is 17.3. The summed E-state index contributed by atoms with van der Waals surface area (Å²) in [4.78, 5) is 23.3. The number of benzene rings is 2. The molecule has 0 spiro atoms. The van der Waals surface area contributed by atoms with Gasteiger partial charge in [-0.2, -0.15) is 0 Å². The van der Waals surface area contributed by atoms with E-state index in [1.54, 1.807) is 51.3 Å². The first-order valence-corrected chi connectivity index (χ1v) is 7.36. The van der Waals surface area contributed by atoms with Gasteiger partial charge in [-0.1, -0.05) is 6.07 Å². The van der Waals surface area contributed by atoms with Gasteiger partial charge in [-0.05, 0) is 55.8 Å². The highest BCUT2D eigenvalue weighted by molar-refractivity contribution is 5.96. The first-order valence-electron chi connectivity index (χ1n) is 7.36. The molecule has 126 valence electrons. The molecular formula is C18H19NO5. The van der Waals surface area contributed by atoms with Gasteiger partial charge in [0.15, 0.2) is 6.10 Å². The molecule has 0 aromatic heterocycles. The van der Waals surface area contributed by atoms with E-state index in [2.05, 4.69) is 5.32 Å². The zero-order valence-corrected chi connectivity index (χ0v) is 13.7. The molecule has 6 heteroatoms. The number of carboxylic acids is 1. The molecule has 0 aliphatic carbocycles. The summed E-state index contributed by atoms with van der Waals surface area (Å²) in [6.07, 6.45) is -0.744. The third kappa shape index (κ3) is 4.25. The third-order valence-corrected chi connectivity index (χ3v) is 3.48. The normalized spacial score (nSPS) is 11.5. The number of methoxy groups -OCH3 is 1. The molecule has 0 saturated carbocycles. The molecule has 0 heterocycles. The van der Waals surface area contributed by atoms with Crippen molar-refractivity contribution in [3.8, 4) is 11.5 Å². The number of carbonyl (C=O) groups excluding carboxylic acids is 1. The van der Waals surface area contributed by atoms with Crippen LogP contribution in [0.3, 0.4) is 0 Å². The lowest BCUT2D eigenvalue weighted by Crippen LogP contribution is -2.30. The Hall–Kier alpha value is -3.02. The summed E-state index contributed by atoms with van der Waals surface area (Å²) < 4.78 is 10.6. The van der Waals surface area contributed by atoms with Crippen LogP contribution in [-0.4, -0.2) is 30.2 Å². The molecule has 1 amide bonds. The molecule has 6 nitrogen and oxygen atoms in total. The molecular weight excluding hydrogens is 310 g/mol. The highest BCUT2D eigenvalue weighted by Gasteiger charge is 2.16. The minimum atomic E-state index is -1.05. The monoisotopic (exact) mass is 329 g/mol. The molecule has 2 N–H and O–H groups in total. The van der Waals surface area contributed by atoms with Gasteiger partial charge in [0.2, 0.25) is 0 Å². The number of aromatic carboxylic acids is 1. The summed E-state index contributed by atoms with van der Waals surface area (Å²) in [7, 11) is 1.57. The number of aryl methyl sites for hydroxylation is 1. The summed E-state index contributed by atoms with van der Waals surface area (Å²) in [5.41, 5.74) is 1.33. The molecule has 2 rings (SSSR count). The molecule has 24 heavy (non-hydrogen) atoms. The van der Waals surface area contributed by atoms with Crippen molar-refractivity contribution in [2.24, 2.45) is 0 Å². The van der Waals surface area contributed by atoms with Crippen LogP contribution in [0.25, 0.3) is 0 Å². The average molecular weight is 329 g/mol. The molecule has 1 atom stereocenters. The Labute approximate surface area is 140 Å². The Morgan fingerprint density at radius 1 is 1.08 bits per heavy atom. The van der Waals surface area contributed by atoms with Crippen LogP contribution in [0.15, 0.2) is 42.5 Å². The number of nitrogens with one attached hydrogen (secondary N) is 1. The van der Waals surface area contributed by atoms with Crippen molar-refractivity contribution in [3.05, 3.63) is 53.6 Å². The largest absolute Gasteiger partial charge is 0.497 e. The van der Waals surface area contributed by atoms with Crippen LogP contribution >= 0.6 is 0 Å². The summed E-state index contributed by atoms with van der Waals surface area (Å²) >= 11 is 0. The van der Waals surface area contributed by atoms with Gasteiger partial charge in [-0.3, -0.25) is 4.79 Å². The van der Waals surface area contributed by atoms with Crippen LogP contribution in [0, 0.1) is 6.92 Å². The van der Waals surface area contributed by atoms with Crippen LogP contribution in [-0.2, 0) is 4.79 Å². The maximum absolute atomic E-state index is 12.3. The Morgan fingerprint density at radius 3 is 2.29 bits per heavy atom. The average Bonchev–Trinajstić information content (AvgIpc) is 2.57. The smallest absolute Gasteiger partial charge is 0.335 e. The number of hydrogen-bond donors (Lipinski definition) is 2. The van der Waals surface area contributed by atoms with Gasteiger partial charge in [-0.25, -0.2) is 4.79 Å². The van der Waals surface area contributed by atoms with Gasteiger partial charge in [0.25, 0.3) is 5.91 Å². The third-order valence-electron chi connectivity index (χ3n) is 3.48. The van der Waals surface area contributed by atoms with Gasteiger partial charge >= 0.3 is 5.97 Å². The molecule has 0 bridgehead atoms. The van der Waals surface area contributed by atoms with Crippen molar-refractivity contribution in [1.29, 1.82) is 0 Å².